The fourth-order valence-corrected chi connectivity index (χ4v) is 3.71. The lowest BCUT2D eigenvalue weighted by Crippen LogP contribution is -2.28. The summed E-state index contributed by atoms with van der Waals surface area (Å²) in [5.74, 6) is -2.74. The average Bonchev–Trinajstić information content (AvgIpc) is 2.69. The summed E-state index contributed by atoms with van der Waals surface area (Å²) in [6, 6.07) is 0. The van der Waals surface area contributed by atoms with E-state index in [4.69, 9.17) is 5.11 Å². The van der Waals surface area contributed by atoms with Crippen LogP contribution in [-0.4, -0.2) is 16.0 Å². The molecule has 1 N–H and O–H groups in total. The van der Waals surface area contributed by atoms with E-state index in [-0.39, 0.29) is 6.61 Å². The maximum absolute atomic E-state index is 13.2. The first-order valence-electron chi connectivity index (χ1n) is 6.36. The number of hydrogen-bond donors (Lipinski definition) is 1. The minimum atomic E-state index is -2.56. The number of aliphatic hydroxyl groups excluding tert-OH is 1. The van der Waals surface area contributed by atoms with Crippen LogP contribution in [0.25, 0.3) is 0 Å². The molecule has 1 saturated carbocycles. The van der Waals surface area contributed by atoms with Crippen LogP contribution in [-0.2, 0) is 6.61 Å². The van der Waals surface area contributed by atoms with Crippen molar-refractivity contribution in [1.82, 2.24) is 4.98 Å². The number of aliphatic hydroxyl groups is 1. The van der Waals surface area contributed by atoms with Gasteiger partial charge < -0.3 is 5.11 Å². The van der Waals surface area contributed by atoms with Crippen molar-refractivity contribution in [1.29, 1.82) is 0 Å². The summed E-state index contributed by atoms with van der Waals surface area (Å²) in [5, 5.41) is 10.2. The van der Waals surface area contributed by atoms with Gasteiger partial charge in [0.2, 0.25) is 5.92 Å². The molecule has 0 radical (unpaired) electrons. The highest BCUT2D eigenvalue weighted by Gasteiger charge is 2.37. The SMILES string of the molecule is Cc1nc(C2CCC(C(C)(F)F)CC2)sc1CO. The molecule has 0 spiro atoms. The molecule has 1 heterocycles. The van der Waals surface area contributed by atoms with Gasteiger partial charge >= 0.3 is 0 Å². The largest absolute Gasteiger partial charge is 0.391 e. The van der Waals surface area contributed by atoms with Gasteiger partial charge in [-0.05, 0) is 39.5 Å². The molecule has 0 amide bonds. The quantitative estimate of drug-likeness (QED) is 0.908. The fraction of sp³-hybridized carbons (Fsp3) is 0.769. The predicted molar refractivity (Wildman–Crippen MR) is 68.1 cm³/mol. The zero-order valence-electron chi connectivity index (χ0n) is 10.7. The first-order valence-corrected chi connectivity index (χ1v) is 7.18. The van der Waals surface area contributed by atoms with Gasteiger partial charge in [0.05, 0.1) is 22.2 Å². The Morgan fingerprint density at radius 2 is 1.94 bits per heavy atom. The summed E-state index contributed by atoms with van der Waals surface area (Å²) < 4.78 is 26.4. The minimum Gasteiger partial charge on any atom is -0.391 e. The highest BCUT2D eigenvalue weighted by atomic mass is 32.1. The number of thiazole rings is 1. The lowest BCUT2D eigenvalue weighted by molar-refractivity contribution is -0.0546. The standard InChI is InChI=1S/C13H19F2NOS/c1-8-11(7-17)18-12(16-8)9-3-5-10(6-4-9)13(2,14)15/h9-10,17H,3-7H2,1-2H3. The molecule has 0 unspecified atom stereocenters. The molecule has 0 atom stereocenters. The van der Waals surface area contributed by atoms with Crippen molar-refractivity contribution >= 4 is 11.3 Å². The van der Waals surface area contributed by atoms with Crippen molar-refractivity contribution in [3.8, 4) is 0 Å². The van der Waals surface area contributed by atoms with Crippen LogP contribution in [0.3, 0.4) is 0 Å². The highest BCUT2D eigenvalue weighted by molar-refractivity contribution is 7.11. The van der Waals surface area contributed by atoms with Crippen molar-refractivity contribution in [2.45, 2.75) is 58.0 Å². The Kier molecular flexibility index (Phi) is 4.02. The maximum Gasteiger partial charge on any atom is 0.248 e. The average molecular weight is 275 g/mol. The third-order valence-electron chi connectivity index (χ3n) is 3.85. The van der Waals surface area contributed by atoms with Gasteiger partial charge in [0, 0.05) is 11.8 Å². The normalized spacial score (nSPS) is 25.4. The van der Waals surface area contributed by atoms with Crippen LogP contribution in [0.1, 0.15) is 54.1 Å². The second-order valence-electron chi connectivity index (χ2n) is 5.22. The summed E-state index contributed by atoms with van der Waals surface area (Å²) in [4.78, 5) is 5.36. The molecular weight excluding hydrogens is 256 g/mol. The number of halogens is 2. The molecule has 1 fully saturated rings. The van der Waals surface area contributed by atoms with E-state index in [2.05, 4.69) is 4.98 Å². The van der Waals surface area contributed by atoms with E-state index in [9.17, 15) is 8.78 Å². The molecule has 2 rings (SSSR count). The molecule has 5 heteroatoms. The zero-order valence-corrected chi connectivity index (χ0v) is 11.6. The van der Waals surface area contributed by atoms with Gasteiger partial charge in [-0.2, -0.15) is 0 Å². The Morgan fingerprint density at radius 1 is 1.33 bits per heavy atom. The van der Waals surface area contributed by atoms with E-state index in [1.807, 2.05) is 6.92 Å². The van der Waals surface area contributed by atoms with Crippen LogP contribution in [0.5, 0.6) is 0 Å². The van der Waals surface area contributed by atoms with Gasteiger partial charge in [0.1, 0.15) is 0 Å². The van der Waals surface area contributed by atoms with Gasteiger partial charge in [-0.1, -0.05) is 0 Å². The number of nitrogens with zero attached hydrogens (tertiary/aromatic N) is 1. The second kappa shape index (κ2) is 5.21. The first kappa shape index (κ1) is 13.9. The van der Waals surface area contributed by atoms with Crippen LogP contribution >= 0.6 is 11.3 Å². The van der Waals surface area contributed by atoms with Crippen molar-refractivity contribution < 1.29 is 13.9 Å². The summed E-state index contributed by atoms with van der Waals surface area (Å²) in [6.07, 6.45) is 2.71. The van der Waals surface area contributed by atoms with Crippen LogP contribution in [0.2, 0.25) is 0 Å². The van der Waals surface area contributed by atoms with Crippen molar-refractivity contribution in [3.63, 3.8) is 0 Å². The topological polar surface area (TPSA) is 33.1 Å². The van der Waals surface area contributed by atoms with Gasteiger partial charge in [-0.15, -0.1) is 11.3 Å². The van der Waals surface area contributed by atoms with Crippen LogP contribution in [0.15, 0.2) is 0 Å². The van der Waals surface area contributed by atoms with Crippen LogP contribution < -0.4 is 0 Å². The van der Waals surface area contributed by atoms with Gasteiger partial charge in [0.25, 0.3) is 0 Å². The third-order valence-corrected chi connectivity index (χ3v) is 5.15. The van der Waals surface area contributed by atoms with E-state index in [1.54, 1.807) is 0 Å². The van der Waals surface area contributed by atoms with Gasteiger partial charge in [0.15, 0.2) is 0 Å². The molecule has 1 aliphatic carbocycles. The van der Waals surface area contributed by atoms with E-state index in [0.29, 0.717) is 18.8 Å². The van der Waals surface area contributed by atoms with E-state index < -0.39 is 11.8 Å². The molecule has 0 bridgehead atoms. The smallest absolute Gasteiger partial charge is 0.248 e. The molecule has 0 saturated heterocycles. The van der Waals surface area contributed by atoms with Crippen molar-refractivity contribution in [3.05, 3.63) is 15.6 Å². The van der Waals surface area contributed by atoms with E-state index >= 15 is 0 Å². The number of hydrogen-bond acceptors (Lipinski definition) is 3. The summed E-state index contributed by atoms with van der Waals surface area (Å²) in [6.45, 7) is 2.93. The maximum atomic E-state index is 13.2. The third kappa shape index (κ3) is 2.88. The van der Waals surface area contributed by atoms with E-state index in [1.165, 1.54) is 11.3 Å². The number of aryl methyl sites for hydroxylation is 1. The van der Waals surface area contributed by atoms with E-state index in [0.717, 1.165) is 35.3 Å². The number of rotatable bonds is 3. The monoisotopic (exact) mass is 275 g/mol. The fourth-order valence-electron chi connectivity index (χ4n) is 2.62. The first-order chi connectivity index (χ1) is 8.41. The van der Waals surface area contributed by atoms with Crippen LogP contribution in [0.4, 0.5) is 8.78 Å². The highest BCUT2D eigenvalue weighted by Crippen LogP contribution is 2.43. The Bertz CT molecular complexity index is 406. The van der Waals surface area contributed by atoms with Crippen LogP contribution in [0, 0.1) is 12.8 Å². The predicted octanol–water partition coefficient (Wildman–Crippen LogP) is 3.87. The van der Waals surface area contributed by atoms with Crippen molar-refractivity contribution in [2.24, 2.45) is 5.92 Å². The Labute approximate surface area is 110 Å². The molecular formula is C13H19F2NOS. The second-order valence-corrected chi connectivity index (χ2v) is 6.34. The molecule has 18 heavy (non-hydrogen) atoms. The van der Waals surface area contributed by atoms with Gasteiger partial charge in [-0.25, -0.2) is 13.8 Å². The summed E-state index contributed by atoms with van der Waals surface area (Å²) in [7, 11) is 0. The Balaban J connectivity index is 2.01. The summed E-state index contributed by atoms with van der Waals surface area (Å²) >= 11 is 1.53. The molecule has 1 aliphatic rings. The zero-order chi connectivity index (χ0) is 13.3. The minimum absolute atomic E-state index is 0.0197. The Morgan fingerprint density at radius 3 is 2.39 bits per heavy atom. The molecule has 1 aromatic heterocycles. The molecule has 0 aromatic carbocycles. The molecule has 0 aliphatic heterocycles. The number of alkyl halides is 2. The lowest BCUT2D eigenvalue weighted by Gasteiger charge is -2.31. The lowest BCUT2D eigenvalue weighted by atomic mass is 9.79. The molecule has 1 aromatic rings. The van der Waals surface area contributed by atoms with Crippen molar-refractivity contribution in [2.75, 3.05) is 0 Å². The molecule has 102 valence electrons. The summed E-state index contributed by atoms with van der Waals surface area (Å²) in [5.41, 5.74) is 0.875. The Hall–Kier alpha value is -0.550. The van der Waals surface area contributed by atoms with Gasteiger partial charge in [-0.3, -0.25) is 0 Å². The number of aromatic nitrogens is 1. The molecule has 2 nitrogen and oxygen atoms in total.